The number of hydrogen-bond donors (Lipinski definition) is 2. The molecule has 3 heteroatoms. The van der Waals surface area contributed by atoms with Crippen LogP contribution in [0, 0.1) is 0 Å². The van der Waals surface area contributed by atoms with E-state index >= 15 is 0 Å². The van der Waals surface area contributed by atoms with Gasteiger partial charge in [-0.2, -0.15) is 0 Å². The largest absolute Gasteiger partial charge is 0.388 e. The average Bonchev–Trinajstić information content (AvgIpc) is 2.61. The van der Waals surface area contributed by atoms with Gasteiger partial charge in [-0.05, 0) is 40.2 Å². The van der Waals surface area contributed by atoms with E-state index in [0.29, 0.717) is 11.5 Å². The van der Waals surface area contributed by atoms with Gasteiger partial charge >= 0.3 is 0 Å². The fourth-order valence-corrected chi connectivity index (χ4v) is 2.82. The van der Waals surface area contributed by atoms with Crippen LogP contribution in [-0.4, -0.2) is 11.0 Å². The van der Waals surface area contributed by atoms with Crippen molar-refractivity contribution in [1.29, 1.82) is 0 Å². The molecule has 0 aliphatic rings. The minimum Gasteiger partial charge on any atom is -0.388 e. The molecule has 0 aliphatic carbocycles. The van der Waals surface area contributed by atoms with E-state index < -0.39 is 6.10 Å². The zero-order valence-corrected chi connectivity index (χ0v) is 17.0. The number of carbonyl (C=O) groups excluding carboxylic acids is 1. The van der Waals surface area contributed by atoms with Crippen LogP contribution in [0.25, 0.3) is 0 Å². The Hall–Kier alpha value is -2.39. The van der Waals surface area contributed by atoms with E-state index in [4.69, 9.17) is 0 Å². The van der Waals surface area contributed by atoms with E-state index in [9.17, 15) is 9.90 Å². The Morgan fingerprint density at radius 3 is 2.00 bits per heavy atom. The van der Waals surface area contributed by atoms with Gasteiger partial charge in [-0.1, -0.05) is 77.6 Å². The topological polar surface area (TPSA) is 49.3 Å². The minimum atomic E-state index is -0.743. The zero-order valence-electron chi connectivity index (χ0n) is 17.0. The molecule has 2 aromatic rings. The fraction of sp³-hybridized carbons (Fsp3) is 0.375. The summed E-state index contributed by atoms with van der Waals surface area (Å²) in [6.45, 7) is 14.6. The van der Waals surface area contributed by atoms with E-state index in [-0.39, 0.29) is 17.7 Å². The Labute approximate surface area is 163 Å². The number of rotatable bonds is 6. The third-order valence-electron chi connectivity index (χ3n) is 4.76. The van der Waals surface area contributed by atoms with Gasteiger partial charge in [-0.15, -0.1) is 0 Å². The molecule has 0 aliphatic heterocycles. The molecule has 144 valence electrons. The van der Waals surface area contributed by atoms with Crippen molar-refractivity contribution in [2.45, 2.75) is 58.5 Å². The summed E-state index contributed by atoms with van der Waals surface area (Å²) in [5.41, 5.74) is 4.38. The van der Waals surface area contributed by atoms with Gasteiger partial charge in [0.2, 0.25) is 0 Å². The maximum Gasteiger partial charge on any atom is 0.251 e. The molecule has 0 spiro atoms. The van der Waals surface area contributed by atoms with Gasteiger partial charge in [0.25, 0.3) is 5.91 Å². The summed E-state index contributed by atoms with van der Waals surface area (Å²) in [6.07, 6.45) is -0.542. The normalized spacial score (nSPS) is 12.7. The highest BCUT2D eigenvalue weighted by Gasteiger charge is 2.16. The van der Waals surface area contributed by atoms with Crippen molar-refractivity contribution in [2.75, 3.05) is 5.32 Å². The molecule has 0 bridgehead atoms. The monoisotopic (exact) mass is 365 g/mol. The van der Waals surface area contributed by atoms with Crippen molar-refractivity contribution in [3.63, 3.8) is 0 Å². The van der Waals surface area contributed by atoms with Gasteiger partial charge in [0.1, 0.15) is 0 Å². The molecule has 0 unspecified atom stereocenters. The highest BCUT2D eigenvalue weighted by Crippen LogP contribution is 2.25. The fourth-order valence-electron chi connectivity index (χ4n) is 2.82. The quantitative estimate of drug-likeness (QED) is 0.643. The Kier molecular flexibility index (Phi) is 6.61. The summed E-state index contributed by atoms with van der Waals surface area (Å²) in [5, 5.41) is 13.3. The minimum absolute atomic E-state index is 0.0708. The van der Waals surface area contributed by atoms with Crippen LogP contribution in [0.2, 0.25) is 0 Å². The van der Waals surface area contributed by atoms with E-state index in [2.05, 4.69) is 46.5 Å². The van der Waals surface area contributed by atoms with Crippen molar-refractivity contribution < 1.29 is 9.90 Å². The summed E-state index contributed by atoms with van der Waals surface area (Å²) in [7, 11) is 0. The van der Waals surface area contributed by atoms with Gasteiger partial charge in [-0.3, -0.25) is 4.79 Å². The molecule has 1 atom stereocenters. The lowest BCUT2D eigenvalue weighted by Crippen LogP contribution is -2.16. The van der Waals surface area contributed by atoms with Gasteiger partial charge in [0.15, 0.2) is 0 Å². The number of aliphatic hydroxyl groups is 1. The first-order valence-corrected chi connectivity index (χ1v) is 9.45. The first-order valence-electron chi connectivity index (χ1n) is 9.45. The lowest BCUT2D eigenvalue weighted by molar-refractivity contribution is -0.113. The molecule has 2 N–H and O–H groups in total. The van der Waals surface area contributed by atoms with Gasteiger partial charge in [0, 0.05) is 17.7 Å². The van der Waals surface area contributed by atoms with Crippen molar-refractivity contribution >= 4 is 11.6 Å². The summed E-state index contributed by atoms with van der Waals surface area (Å²) in [4.78, 5) is 12.4. The highest BCUT2D eigenvalue weighted by atomic mass is 16.3. The SMILES string of the molecule is C=C(C[C@H](O)c1ccc(C(C)C)cc1)C(=O)Nc1ccc(C(C)(C)C)cc1. The smallest absolute Gasteiger partial charge is 0.251 e. The number of nitrogens with one attached hydrogen (secondary N) is 1. The number of anilines is 1. The first-order chi connectivity index (χ1) is 12.6. The maximum absolute atomic E-state index is 12.4. The summed E-state index contributed by atoms with van der Waals surface area (Å²) >= 11 is 0. The first kappa shape index (κ1) is 20.9. The Balaban J connectivity index is 1.95. The van der Waals surface area contributed by atoms with Crippen LogP contribution in [0.5, 0.6) is 0 Å². The van der Waals surface area contributed by atoms with Crippen LogP contribution in [0.1, 0.15) is 69.8 Å². The molecule has 0 saturated heterocycles. The van der Waals surface area contributed by atoms with Crippen LogP contribution in [-0.2, 0) is 10.2 Å². The van der Waals surface area contributed by atoms with Crippen LogP contribution < -0.4 is 5.32 Å². The number of carbonyl (C=O) groups is 1. The highest BCUT2D eigenvalue weighted by molar-refractivity contribution is 6.03. The maximum atomic E-state index is 12.4. The average molecular weight is 366 g/mol. The van der Waals surface area contributed by atoms with Crippen molar-refractivity contribution in [2.24, 2.45) is 0 Å². The Morgan fingerprint density at radius 2 is 1.52 bits per heavy atom. The molecule has 3 nitrogen and oxygen atoms in total. The Morgan fingerprint density at radius 1 is 1.00 bits per heavy atom. The second-order valence-electron chi connectivity index (χ2n) is 8.43. The molecule has 0 radical (unpaired) electrons. The predicted molar refractivity (Wildman–Crippen MR) is 113 cm³/mol. The van der Waals surface area contributed by atoms with Gasteiger partial charge < -0.3 is 10.4 Å². The lowest BCUT2D eigenvalue weighted by atomic mass is 9.87. The third kappa shape index (κ3) is 5.80. The van der Waals surface area contributed by atoms with E-state index in [1.54, 1.807) is 0 Å². The Bertz CT molecular complexity index is 781. The molecule has 2 rings (SSSR count). The zero-order chi connectivity index (χ0) is 20.2. The molecule has 0 fully saturated rings. The molecular formula is C24H31NO2. The van der Waals surface area contributed by atoms with Crippen molar-refractivity contribution in [3.05, 3.63) is 77.4 Å². The van der Waals surface area contributed by atoms with E-state index in [1.807, 2.05) is 48.5 Å². The predicted octanol–water partition coefficient (Wildman–Crippen LogP) is 5.73. The molecule has 2 aromatic carbocycles. The summed E-state index contributed by atoms with van der Waals surface area (Å²) in [6, 6.07) is 15.7. The third-order valence-corrected chi connectivity index (χ3v) is 4.76. The summed E-state index contributed by atoms with van der Waals surface area (Å²) in [5.74, 6) is 0.179. The van der Waals surface area contributed by atoms with Crippen LogP contribution in [0.15, 0.2) is 60.7 Å². The molecule has 0 saturated carbocycles. The molecule has 0 aromatic heterocycles. The number of amides is 1. The second kappa shape index (κ2) is 8.53. The van der Waals surface area contributed by atoms with Crippen LogP contribution in [0.3, 0.4) is 0 Å². The standard InChI is InChI=1S/C24H31NO2/c1-16(2)18-7-9-19(10-8-18)22(26)15-17(3)23(27)25-21-13-11-20(12-14-21)24(4,5)6/h7-14,16,22,26H,3,15H2,1-2,4-6H3,(H,25,27)/t22-/m0/s1. The van der Waals surface area contributed by atoms with E-state index in [0.717, 1.165) is 11.3 Å². The number of aliphatic hydroxyl groups excluding tert-OH is 1. The lowest BCUT2D eigenvalue weighted by Gasteiger charge is -2.19. The molecule has 1 amide bonds. The van der Waals surface area contributed by atoms with E-state index in [1.165, 1.54) is 11.1 Å². The molecular weight excluding hydrogens is 334 g/mol. The van der Waals surface area contributed by atoms with Gasteiger partial charge in [-0.25, -0.2) is 0 Å². The molecule has 0 heterocycles. The summed E-state index contributed by atoms with van der Waals surface area (Å²) < 4.78 is 0. The van der Waals surface area contributed by atoms with Crippen LogP contribution in [0.4, 0.5) is 5.69 Å². The van der Waals surface area contributed by atoms with Crippen LogP contribution >= 0.6 is 0 Å². The van der Waals surface area contributed by atoms with Crippen molar-refractivity contribution in [3.8, 4) is 0 Å². The van der Waals surface area contributed by atoms with Gasteiger partial charge in [0.05, 0.1) is 6.10 Å². The molecule has 27 heavy (non-hydrogen) atoms. The van der Waals surface area contributed by atoms with Crippen molar-refractivity contribution in [1.82, 2.24) is 0 Å². The number of benzene rings is 2. The number of hydrogen-bond acceptors (Lipinski definition) is 2. The second-order valence-corrected chi connectivity index (χ2v) is 8.43.